The molecule has 1 fully saturated rings. The number of rotatable bonds is 5. The van der Waals surface area contributed by atoms with Gasteiger partial charge >= 0.3 is 0 Å². The molecule has 1 aromatic carbocycles. The molecule has 0 spiro atoms. The first kappa shape index (κ1) is 15.3. The molecule has 2 rings (SSSR count). The fourth-order valence-corrected chi connectivity index (χ4v) is 3.05. The van der Waals surface area contributed by atoms with Gasteiger partial charge < -0.3 is 10.6 Å². The van der Waals surface area contributed by atoms with Gasteiger partial charge in [-0.3, -0.25) is 4.79 Å². The summed E-state index contributed by atoms with van der Waals surface area (Å²) in [6.45, 7) is 5.88. The van der Waals surface area contributed by atoms with Crippen LogP contribution in [0.3, 0.4) is 0 Å². The van der Waals surface area contributed by atoms with Crippen molar-refractivity contribution in [3.05, 3.63) is 34.9 Å². The molecule has 110 valence electrons. The lowest BCUT2D eigenvalue weighted by molar-refractivity contribution is -0.131. The zero-order chi connectivity index (χ0) is 14.6. The van der Waals surface area contributed by atoms with E-state index in [1.54, 1.807) is 0 Å². The Hall–Kier alpha value is -1.06. The van der Waals surface area contributed by atoms with E-state index in [0.717, 1.165) is 42.9 Å². The third-order valence-electron chi connectivity index (χ3n) is 4.17. The molecule has 2 N–H and O–H groups in total. The number of amides is 1. The second-order valence-electron chi connectivity index (χ2n) is 5.70. The van der Waals surface area contributed by atoms with Crippen molar-refractivity contribution in [3.8, 4) is 0 Å². The van der Waals surface area contributed by atoms with Crippen LogP contribution in [0.5, 0.6) is 0 Å². The van der Waals surface area contributed by atoms with Gasteiger partial charge in [0.2, 0.25) is 5.91 Å². The molecule has 2 unspecified atom stereocenters. The lowest BCUT2D eigenvalue weighted by atomic mass is 9.81. The molecule has 0 aromatic heterocycles. The Morgan fingerprint density at radius 2 is 2.15 bits per heavy atom. The van der Waals surface area contributed by atoms with Gasteiger partial charge in [-0.25, -0.2) is 0 Å². The molecule has 4 heteroatoms. The summed E-state index contributed by atoms with van der Waals surface area (Å²) in [6, 6.07) is 7.66. The lowest BCUT2D eigenvalue weighted by Gasteiger charge is -2.28. The van der Waals surface area contributed by atoms with Crippen LogP contribution in [-0.4, -0.2) is 19.0 Å². The molecule has 0 radical (unpaired) electrons. The van der Waals surface area contributed by atoms with E-state index in [-0.39, 0.29) is 17.4 Å². The smallest absolute Gasteiger partial charge is 0.228 e. The van der Waals surface area contributed by atoms with Crippen LogP contribution in [0.15, 0.2) is 24.3 Å². The summed E-state index contributed by atoms with van der Waals surface area (Å²) in [5.74, 6) is 0.173. The number of nitrogens with one attached hydrogen (secondary N) is 2. The van der Waals surface area contributed by atoms with Gasteiger partial charge in [0, 0.05) is 11.6 Å². The fourth-order valence-electron chi connectivity index (χ4n) is 2.93. The first-order valence-electron chi connectivity index (χ1n) is 7.34. The van der Waals surface area contributed by atoms with Crippen molar-refractivity contribution in [2.24, 2.45) is 5.41 Å². The minimum absolute atomic E-state index is 0.00842. The molecular formula is C16H23ClN2O. The summed E-state index contributed by atoms with van der Waals surface area (Å²) < 4.78 is 0. The van der Waals surface area contributed by atoms with E-state index in [0.29, 0.717) is 0 Å². The molecule has 1 saturated heterocycles. The van der Waals surface area contributed by atoms with E-state index in [2.05, 4.69) is 17.6 Å². The van der Waals surface area contributed by atoms with Gasteiger partial charge in [0.1, 0.15) is 0 Å². The number of carbonyl (C=O) groups excluding carboxylic acids is 1. The standard InChI is InChI=1S/C16H23ClN2O/c1-3-8-16(9-10-18-11-16)15(20)19-12(2)13-4-6-14(17)7-5-13/h4-7,12,18H,3,8-11H2,1-2H3,(H,19,20). The Labute approximate surface area is 126 Å². The molecule has 0 aliphatic carbocycles. The first-order valence-corrected chi connectivity index (χ1v) is 7.72. The maximum Gasteiger partial charge on any atom is 0.228 e. The molecule has 3 nitrogen and oxygen atoms in total. The van der Waals surface area contributed by atoms with Crippen molar-refractivity contribution in [1.82, 2.24) is 10.6 Å². The van der Waals surface area contributed by atoms with Crippen molar-refractivity contribution >= 4 is 17.5 Å². The first-order chi connectivity index (χ1) is 9.57. The van der Waals surface area contributed by atoms with Crippen molar-refractivity contribution in [3.63, 3.8) is 0 Å². The van der Waals surface area contributed by atoms with Crippen molar-refractivity contribution < 1.29 is 4.79 Å². The predicted molar refractivity (Wildman–Crippen MR) is 82.8 cm³/mol. The average molecular weight is 295 g/mol. The molecular weight excluding hydrogens is 272 g/mol. The number of carbonyl (C=O) groups is 1. The highest BCUT2D eigenvalue weighted by Gasteiger charge is 2.40. The monoisotopic (exact) mass is 294 g/mol. The van der Waals surface area contributed by atoms with Crippen molar-refractivity contribution in [2.45, 2.75) is 39.2 Å². The SMILES string of the molecule is CCCC1(C(=O)NC(C)c2ccc(Cl)cc2)CCNC1. The van der Waals surface area contributed by atoms with Gasteiger partial charge in [0.25, 0.3) is 0 Å². The maximum atomic E-state index is 12.6. The minimum atomic E-state index is -0.227. The van der Waals surface area contributed by atoms with Gasteiger partial charge in [-0.1, -0.05) is 37.1 Å². The van der Waals surface area contributed by atoms with Crippen LogP contribution in [0.25, 0.3) is 0 Å². The summed E-state index contributed by atoms with van der Waals surface area (Å²) in [4.78, 5) is 12.6. The molecule has 2 atom stereocenters. The van der Waals surface area contributed by atoms with Crippen molar-refractivity contribution in [2.75, 3.05) is 13.1 Å². The van der Waals surface area contributed by atoms with Gasteiger partial charge in [-0.05, 0) is 44.0 Å². The van der Waals surface area contributed by atoms with Gasteiger partial charge in [-0.15, -0.1) is 0 Å². The molecule has 1 aliphatic heterocycles. The number of hydrogen-bond donors (Lipinski definition) is 2. The third-order valence-corrected chi connectivity index (χ3v) is 4.42. The van der Waals surface area contributed by atoms with Crippen LogP contribution in [0.4, 0.5) is 0 Å². The molecule has 0 bridgehead atoms. The molecule has 1 aromatic rings. The highest BCUT2D eigenvalue weighted by molar-refractivity contribution is 6.30. The molecule has 1 amide bonds. The van der Waals surface area contributed by atoms with E-state index in [9.17, 15) is 4.79 Å². The van der Waals surface area contributed by atoms with E-state index in [1.165, 1.54) is 0 Å². The van der Waals surface area contributed by atoms with Crippen LogP contribution < -0.4 is 10.6 Å². The summed E-state index contributed by atoms with van der Waals surface area (Å²) in [5.41, 5.74) is 0.857. The molecule has 1 heterocycles. The zero-order valence-corrected chi connectivity index (χ0v) is 13.0. The van der Waals surface area contributed by atoms with Crippen LogP contribution >= 0.6 is 11.6 Å². The highest BCUT2D eigenvalue weighted by atomic mass is 35.5. The number of hydrogen-bond acceptors (Lipinski definition) is 2. The topological polar surface area (TPSA) is 41.1 Å². The Kier molecular flexibility index (Phi) is 5.06. The number of halogens is 1. The van der Waals surface area contributed by atoms with Crippen LogP contribution in [0.1, 0.15) is 44.7 Å². The Bertz CT molecular complexity index is 452. The summed E-state index contributed by atoms with van der Waals surface area (Å²) in [5, 5.41) is 7.20. The summed E-state index contributed by atoms with van der Waals surface area (Å²) in [7, 11) is 0. The Morgan fingerprint density at radius 3 is 2.70 bits per heavy atom. The normalized spacial score (nSPS) is 23.6. The predicted octanol–water partition coefficient (Wildman–Crippen LogP) is 3.30. The van der Waals surface area contributed by atoms with E-state index in [1.807, 2.05) is 31.2 Å². The van der Waals surface area contributed by atoms with E-state index >= 15 is 0 Å². The van der Waals surface area contributed by atoms with Crippen LogP contribution in [-0.2, 0) is 4.79 Å². The largest absolute Gasteiger partial charge is 0.349 e. The Balaban J connectivity index is 2.04. The summed E-state index contributed by atoms with van der Waals surface area (Å²) >= 11 is 5.89. The second-order valence-corrected chi connectivity index (χ2v) is 6.14. The van der Waals surface area contributed by atoms with Crippen LogP contribution in [0.2, 0.25) is 5.02 Å². The van der Waals surface area contributed by atoms with E-state index in [4.69, 9.17) is 11.6 Å². The van der Waals surface area contributed by atoms with E-state index < -0.39 is 0 Å². The quantitative estimate of drug-likeness (QED) is 0.875. The molecule has 20 heavy (non-hydrogen) atoms. The summed E-state index contributed by atoms with van der Waals surface area (Å²) in [6.07, 6.45) is 2.91. The maximum absolute atomic E-state index is 12.6. The van der Waals surface area contributed by atoms with Gasteiger partial charge in [0.15, 0.2) is 0 Å². The highest BCUT2D eigenvalue weighted by Crippen LogP contribution is 2.32. The second kappa shape index (κ2) is 6.59. The van der Waals surface area contributed by atoms with Gasteiger partial charge in [-0.2, -0.15) is 0 Å². The minimum Gasteiger partial charge on any atom is -0.349 e. The lowest BCUT2D eigenvalue weighted by Crippen LogP contribution is -2.43. The Morgan fingerprint density at radius 1 is 1.45 bits per heavy atom. The zero-order valence-electron chi connectivity index (χ0n) is 12.2. The van der Waals surface area contributed by atoms with Crippen LogP contribution in [0, 0.1) is 5.41 Å². The average Bonchev–Trinajstić information content (AvgIpc) is 2.89. The molecule has 1 aliphatic rings. The van der Waals surface area contributed by atoms with Crippen molar-refractivity contribution in [1.29, 1.82) is 0 Å². The molecule has 0 saturated carbocycles. The number of benzene rings is 1. The fraction of sp³-hybridized carbons (Fsp3) is 0.562. The van der Waals surface area contributed by atoms with Gasteiger partial charge in [0.05, 0.1) is 11.5 Å². The third kappa shape index (κ3) is 3.33.